The second-order valence-electron chi connectivity index (χ2n) is 6.60. The third-order valence-corrected chi connectivity index (χ3v) is 4.55. The Morgan fingerprint density at radius 2 is 2.00 bits per heavy atom. The molecule has 0 spiro atoms. The normalized spacial score (nSPS) is 15.7. The van der Waals surface area contributed by atoms with Gasteiger partial charge in [0.15, 0.2) is 5.82 Å². The monoisotopic (exact) mass is 346 g/mol. The van der Waals surface area contributed by atoms with Gasteiger partial charge in [0.05, 0.1) is 12.1 Å². The van der Waals surface area contributed by atoms with E-state index in [-0.39, 0.29) is 5.91 Å². The minimum Gasteiger partial charge on any atom is -0.466 e. The molecule has 1 saturated heterocycles. The van der Waals surface area contributed by atoms with Crippen molar-refractivity contribution in [2.75, 3.05) is 26.2 Å². The van der Waals surface area contributed by atoms with Gasteiger partial charge in [0.1, 0.15) is 11.5 Å². The van der Waals surface area contributed by atoms with Gasteiger partial charge >= 0.3 is 0 Å². The number of carbonyl (C=O) groups excluding carboxylic acids is 1. The zero-order chi connectivity index (χ0) is 17.8. The van der Waals surface area contributed by atoms with Crippen LogP contribution in [0.1, 0.15) is 53.4 Å². The molecule has 0 bridgehead atoms. The van der Waals surface area contributed by atoms with Gasteiger partial charge in [0.25, 0.3) is 5.91 Å². The third kappa shape index (κ3) is 4.28. The summed E-state index contributed by atoms with van der Waals surface area (Å²) in [5.74, 6) is 2.96. The summed E-state index contributed by atoms with van der Waals surface area (Å²) in [6.45, 7) is 9.48. The summed E-state index contributed by atoms with van der Waals surface area (Å²) in [6, 6.07) is 1.82. The smallest absolute Gasteiger partial charge is 0.257 e. The van der Waals surface area contributed by atoms with E-state index in [2.05, 4.69) is 22.0 Å². The summed E-state index contributed by atoms with van der Waals surface area (Å²) in [4.78, 5) is 21.2. The maximum absolute atomic E-state index is 12.6. The van der Waals surface area contributed by atoms with E-state index in [0.29, 0.717) is 36.8 Å². The summed E-state index contributed by atoms with van der Waals surface area (Å²) < 4.78 is 10.8. The van der Waals surface area contributed by atoms with Crippen LogP contribution in [-0.2, 0) is 13.0 Å². The lowest BCUT2D eigenvalue weighted by atomic mass is 10.2. The molecule has 0 N–H and O–H groups in total. The Morgan fingerprint density at radius 1 is 1.24 bits per heavy atom. The predicted molar refractivity (Wildman–Crippen MR) is 92.3 cm³/mol. The van der Waals surface area contributed by atoms with Crippen LogP contribution in [0.5, 0.6) is 0 Å². The fraction of sp³-hybridized carbons (Fsp3) is 0.611. The van der Waals surface area contributed by atoms with Gasteiger partial charge in [-0.1, -0.05) is 18.5 Å². The van der Waals surface area contributed by atoms with Gasteiger partial charge in [0.2, 0.25) is 5.89 Å². The summed E-state index contributed by atoms with van der Waals surface area (Å²) >= 11 is 0. The van der Waals surface area contributed by atoms with E-state index in [4.69, 9.17) is 8.94 Å². The topological polar surface area (TPSA) is 75.6 Å². The van der Waals surface area contributed by atoms with Crippen LogP contribution in [0.3, 0.4) is 0 Å². The van der Waals surface area contributed by atoms with Crippen LogP contribution >= 0.6 is 0 Å². The second kappa shape index (κ2) is 7.82. The molecule has 3 rings (SSSR count). The van der Waals surface area contributed by atoms with Crippen LogP contribution in [0.25, 0.3) is 0 Å². The molecule has 2 aromatic heterocycles. The van der Waals surface area contributed by atoms with Crippen LogP contribution < -0.4 is 0 Å². The van der Waals surface area contributed by atoms with Crippen molar-refractivity contribution in [3.63, 3.8) is 0 Å². The highest BCUT2D eigenvalue weighted by Crippen LogP contribution is 2.17. The van der Waals surface area contributed by atoms with Gasteiger partial charge in [0, 0.05) is 32.6 Å². The van der Waals surface area contributed by atoms with E-state index in [0.717, 1.165) is 43.9 Å². The predicted octanol–water partition coefficient (Wildman–Crippen LogP) is 2.58. The quantitative estimate of drug-likeness (QED) is 0.800. The van der Waals surface area contributed by atoms with E-state index in [1.54, 1.807) is 0 Å². The number of nitrogens with zero attached hydrogens (tertiary/aromatic N) is 4. The first-order valence-corrected chi connectivity index (χ1v) is 8.97. The van der Waals surface area contributed by atoms with Crippen LogP contribution in [0.15, 0.2) is 15.0 Å². The van der Waals surface area contributed by atoms with E-state index >= 15 is 0 Å². The lowest BCUT2D eigenvalue weighted by Gasteiger charge is -2.33. The number of rotatable bonds is 6. The molecule has 0 saturated carbocycles. The van der Waals surface area contributed by atoms with Crippen molar-refractivity contribution < 1.29 is 13.7 Å². The standard InChI is InChI=1S/C18H26N4O3/c1-4-5-6-16-19-17(25-20-16)12-21-7-9-22(10-8-21)18(23)15-11-13(2)24-14(15)3/h11H,4-10,12H2,1-3H3. The molecule has 7 nitrogen and oxygen atoms in total. The lowest BCUT2D eigenvalue weighted by Crippen LogP contribution is -2.48. The van der Waals surface area contributed by atoms with E-state index in [9.17, 15) is 4.79 Å². The fourth-order valence-electron chi connectivity index (χ4n) is 3.10. The number of amides is 1. The Kier molecular flexibility index (Phi) is 5.53. The van der Waals surface area contributed by atoms with Crippen molar-refractivity contribution in [2.24, 2.45) is 0 Å². The molecule has 1 aliphatic heterocycles. The first kappa shape index (κ1) is 17.7. The molecule has 3 heterocycles. The first-order valence-electron chi connectivity index (χ1n) is 8.97. The van der Waals surface area contributed by atoms with Crippen molar-refractivity contribution in [2.45, 2.75) is 46.6 Å². The first-order chi connectivity index (χ1) is 12.1. The Balaban J connectivity index is 1.51. The van der Waals surface area contributed by atoms with Gasteiger partial charge < -0.3 is 13.8 Å². The van der Waals surface area contributed by atoms with Gasteiger partial charge in [-0.2, -0.15) is 4.98 Å². The number of unbranched alkanes of at least 4 members (excludes halogenated alkanes) is 1. The highest BCUT2D eigenvalue weighted by atomic mass is 16.5. The van der Waals surface area contributed by atoms with Crippen molar-refractivity contribution >= 4 is 5.91 Å². The fourth-order valence-corrected chi connectivity index (χ4v) is 3.10. The van der Waals surface area contributed by atoms with Crippen LogP contribution in [-0.4, -0.2) is 52.0 Å². The SMILES string of the molecule is CCCCc1noc(CN2CCN(C(=O)c3cc(C)oc3C)CC2)n1. The Bertz CT molecular complexity index is 714. The van der Waals surface area contributed by atoms with Crippen LogP contribution in [0.4, 0.5) is 0 Å². The molecular formula is C18H26N4O3. The molecule has 1 amide bonds. The number of hydrogen-bond donors (Lipinski definition) is 0. The molecule has 136 valence electrons. The minimum absolute atomic E-state index is 0.0497. The molecule has 0 radical (unpaired) electrons. The van der Waals surface area contributed by atoms with Gasteiger partial charge in [-0.3, -0.25) is 9.69 Å². The van der Waals surface area contributed by atoms with Crippen molar-refractivity contribution in [3.05, 3.63) is 34.9 Å². The third-order valence-electron chi connectivity index (χ3n) is 4.55. The van der Waals surface area contributed by atoms with Gasteiger partial charge in [-0.05, 0) is 26.3 Å². The maximum Gasteiger partial charge on any atom is 0.257 e. The number of furan rings is 1. The van der Waals surface area contributed by atoms with Gasteiger partial charge in [-0.25, -0.2) is 0 Å². The van der Waals surface area contributed by atoms with Crippen LogP contribution in [0.2, 0.25) is 0 Å². The van der Waals surface area contributed by atoms with Crippen molar-refractivity contribution in [3.8, 4) is 0 Å². The summed E-state index contributed by atoms with van der Waals surface area (Å²) in [5, 5.41) is 4.03. The second-order valence-corrected chi connectivity index (χ2v) is 6.60. The lowest BCUT2D eigenvalue weighted by molar-refractivity contribution is 0.0613. The van der Waals surface area contributed by atoms with Crippen molar-refractivity contribution in [1.82, 2.24) is 19.9 Å². The highest BCUT2D eigenvalue weighted by molar-refractivity contribution is 5.95. The number of hydrogen-bond acceptors (Lipinski definition) is 6. The van der Waals surface area contributed by atoms with E-state index < -0.39 is 0 Å². The largest absolute Gasteiger partial charge is 0.466 e. The molecule has 1 aliphatic rings. The molecule has 25 heavy (non-hydrogen) atoms. The van der Waals surface area contributed by atoms with Crippen LogP contribution in [0, 0.1) is 13.8 Å². The summed E-state index contributed by atoms with van der Waals surface area (Å²) in [6.07, 6.45) is 3.06. The molecule has 0 unspecified atom stereocenters. The highest BCUT2D eigenvalue weighted by Gasteiger charge is 2.25. The summed E-state index contributed by atoms with van der Waals surface area (Å²) in [7, 11) is 0. The van der Waals surface area contributed by atoms with Gasteiger partial charge in [-0.15, -0.1) is 0 Å². The Morgan fingerprint density at radius 3 is 2.64 bits per heavy atom. The zero-order valence-corrected chi connectivity index (χ0v) is 15.2. The van der Waals surface area contributed by atoms with E-state index in [1.807, 2.05) is 24.8 Å². The Hall–Kier alpha value is -2.15. The number of aromatic nitrogens is 2. The average Bonchev–Trinajstić information content (AvgIpc) is 3.18. The molecule has 0 aliphatic carbocycles. The minimum atomic E-state index is 0.0497. The Labute approximate surface area is 148 Å². The molecule has 2 aromatic rings. The molecule has 1 fully saturated rings. The van der Waals surface area contributed by atoms with Crippen molar-refractivity contribution in [1.29, 1.82) is 0 Å². The average molecular weight is 346 g/mol. The number of piperazine rings is 1. The number of aryl methyl sites for hydroxylation is 3. The number of carbonyl (C=O) groups is 1. The zero-order valence-electron chi connectivity index (χ0n) is 15.2. The molecular weight excluding hydrogens is 320 g/mol. The summed E-state index contributed by atoms with van der Waals surface area (Å²) in [5.41, 5.74) is 0.670. The van der Waals surface area contributed by atoms with E-state index in [1.165, 1.54) is 0 Å². The molecule has 0 atom stereocenters. The molecule has 0 aromatic carbocycles. The maximum atomic E-state index is 12.6. The molecule has 7 heteroatoms.